The molecule has 0 heterocycles. The standard InChI is InChI=1S/C19H23ClN2O3S2/c1-3-27(24,25)22(2)17-10-8-15(9-11-17)19(23)21-12-13-26-14-16-6-4-5-7-18(16)20/h4-11H,3,12-14H2,1-2H3,(H,21,23). The number of benzene rings is 2. The molecule has 0 radical (unpaired) electrons. The number of carbonyl (C=O) groups is 1. The van der Waals surface area contributed by atoms with Crippen LogP contribution < -0.4 is 9.62 Å². The largest absolute Gasteiger partial charge is 0.351 e. The number of halogens is 1. The summed E-state index contributed by atoms with van der Waals surface area (Å²) in [5.41, 5.74) is 2.11. The summed E-state index contributed by atoms with van der Waals surface area (Å²) >= 11 is 7.81. The molecule has 0 aliphatic carbocycles. The maximum Gasteiger partial charge on any atom is 0.251 e. The van der Waals surface area contributed by atoms with Gasteiger partial charge in [-0.3, -0.25) is 9.10 Å². The highest BCUT2D eigenvalue weighted by Gasteiger charge is 2.16. The number of carbonyl (C=O) groups excluding carboxylic acids is 1. The summed E-state index contributed by atoms with van der Waals surface area (Å²) in [6.07, 6.45) is 0. The molecule has 0 bridgehead atoms. The molecule has 0 spiro atoms. The van der Waals surface area contributed by atoms with Gasteiger partial charge in [0.15, 0.2) is 0 Å². The highest BCUT2D eigenvalue weighted by atomic mass is 35.5. The SMILES string of the molecule is CCS(=O)(=O)N(C)c1ccc(C(=O)NCCSCc2ccccc2Cl)cc1. The Kier molecular flexibility index (Phi) is 8.01. The van der Waals surface area contributed by atoms with Crippen LogP contribution in [-0.2, 0) is 15.8 Å². The molecule has 2 aromatic rings. The van der Waals surface area contributed by atoms with Gasteiger partial charge in [-0.2, -0.15) is 11.8 Å². The first-order valence-electron chi connectivity index (χ1n) is 8.51. The van der Waals surface area contributed by atoms with Crippen LogP contribution in [0, 0.1) is 0 Å². The van der Waals surface area contributed by atoms with Gasteiger partial charge in [0.2, 0.25) is 10.0 Å². The lowest BCUT2D eigenvalue weighted by atomic mass is 10.2. The number of rotatable bonds is 9. The van der Waals surface area contributed by atoms with E-state index in [4.69, 9.17) is 11.6 Å². The molecule has 146 valence electrons. The quantitative estimate of drug-likeness (QED) is 0.619. The van der Waals surface area contributed by atoms with Crippen LogP contribution in [-0.4, -0.2) is 39.4 Å². The monoisotopic (exact) mass is 426 g/mol. The third-order valence-electron chi connectivity index (χ3n) is 4.02. The van der Waals surface area contributed by atoms with Gasteiger partial charge in [0, 0.05) is 35.7 Å². The number of hydrogen-bond acceptors (Lipinski definition) is 4. The fourth-order valence-corrected chi connectivity index (χ4v) is 4.29. The molecule has 0 aliphatic heterocycles. The van der Waals surface area contributed by atoms with Gasteiger partial charge in [0.1, 0.15) is 0 Å². The van der Waals surface area contributed by atoms with Gasteiger partial charge in [-0.05, 0) is 42.8 Å². The topological polar surface area (TPSA) is 66.5 Å². The van der Waals surface area contributed by atoms with Gasteiger partial charge in [0.05, 0.1) is 11.4 Å². The molecule has 1 amide bonds. The van der Waals surface area contributed by atoms with Gasteiger partial charge in [-0.25, -0.2) is 8.42 Å². The van der Waals surface area contributed by atoms with E-state index in [0.29, 0.717) is 17.8 Å². The Morgan fingerprint density at radius 3 is 2.44 bits per heavy atom. The third kappa shape index (κ3) is 6.16. The highest BCUT2D eigenvalue weighted by molar-refractivity contribution is 7.98. The number of sulfonamides is 1. The van der Waals surface area contributed by atoms with Crippen molar-refractivity contribution in [2.45, 2.75) is 12.7 Å². The molecule has 0 unspecified atom stereocenters. The van der Waals surface area contributed by atoms with Crippen LogP contribution in [0.4, 0.5) is 5.69 Å². The van der Waals surface area contributed by atoms with Crippen molar-refractivity contribution >= 4 is 45.0 Å². The smallest absolute Gasteiger partial charge is 0.251 e. The zero-order chi connectivity index (χ0) is 19.9. The van der Waals surface area contributed by atoms with Crippen LogP contribution in [0.5, 0.6) is 0 Å². The second kappa shape index (κ2) is 10.0. The predicted molar refractivity (Wildman–Crippen MR) is 114 cm³/mol. The van der Waals surface area contributed by atoms with E-state index >= 15 is 0 Å². The summed E-state index contributed by atoms with van der Waals surface area (Å²) in [5.74, 6) is 1.41. The molecule has 2 aromatic carbocycles. The maximum atomic E-state index is 12.2. The fraction of sp³-hybridized carbons (Fsp3) is 0.316. The van der Waals surface area contributed by atoms with Crippen LogP contribution in [0.1, 0.15) is 22.8 Å². The Bertz CT molecular complexity index is 871. The lowest BCUT2D eigenvalue weighted by molar-refractivity contribution is 0.0956. The van der Waals surface area contributed by atoms with Gasteiger partial charge in [-0.15, -0.1) is 0 Å². The molecular formula is C19H23ClN2O3S2. The molecule has 1 N–H and O–H groups in total. The molecule has 0 aromatic heterocycles. The Morgan fingerprint density at radius 1 is 1.15 bits per heavy atom. The van der Waals surface area contributed by atoms with Crippen molar-refractivity contribution in [3.63, 3.8) is 0 Å². The zero-order valence-corrected chi connectivity index (χ0v) is 17.7. The summed E-state index contributed by atoms with van der Waals surface area (Å²) < 4.78 is 25.0. The number of hydrogen-bond donors (Lipinski definition) is 1. The van der Waals surface area contributed by atoms with Gasteiger partial charge < -0.3 is 5.32 Å². The fourth-order valence-electron chi connectivity index (χ4n) is 2.31. The van der Waals surface area contributed by atoms with Gasteiger partial charge in [0.25, 0.3) is 5.91 Å². The molecule has 27 heavy (non-hydrogen) atoms. The molecule has 0 aliphatic rings. The average molecular weight is 427 g/mol. The second-order valence-corrected chi connectivity index (χ2v) is 9.62. The van der Waals surface area contributed by atoms with E-state index in [9.17, 15) is 13.2 Å². The first-order chi connectivity index (χ1) is 12.8. The maximum absolute atomic E-state index is 12.2. The van der Waals surface area contributed by atoms with Crippen molar-refractivity contribution in [2.75, 3.05) is 29.4 Å². The molecule has 5 nitrogen and oxygen atoms in total. The van der Waals surface area contributed by atoms with E-state index in [-0.39, 0.29) is 11.7 Å². The molecule has 0 fully saturated rings. The van der Waals surface area contributed by atoms with Crippen LogP contribution in [0.3, 0.4) is 0 Å². The van der Waals surface area contributed by atoms with Crippen molar-refractivity contribution in [3.8, 4) is 0 Å². The minimum Gasteiger partial charge on any atom is -0.351 e. The summed E-state index contributed by atoms with van der Waals surface area (Å²) in [4.78, 5) is 12.2. The molecular weight excluding hydrogens is 404 g/mol. The number of nitrogens with zero attached hydrogens (tertiary/aromatic N) is 1. The molecule has 8 heteroatoms. The Labute approximate surface area is 170 Å². The molecule has 2 rings (SSSR count). The number of nitrogens with one attached hydrogen (secondary N) is 1. The Balaban J connectivity index is 1.80. The first kappa shape index (κ1) is 21.6. The van der Waals surface area contributed by atoms with Crippen molar-refractivity contribution in [1.29, 1.82) is 0 Å². The predicted octanol–water partition coefficient (Wildman–Crippen LogP) is 3.79. The minimum atomic E-state index is -3.31. The Morgan fingerprint density at radius 2 is 1.81 bits per heavy atom. The van der Waals surface area contributed by atoms with E-state index in [0.717, 1.165) is 22.1 Å². The van der Waals surface area contributed by atoms with E-state index in [1.165, 1.54) is 11.4 Å². The molecule has 0 saturated heterocycles. The summed E-state index contributed by atoms with van der Waals surface area (Å²) in [7, 11) is -1.81. The summed E-state index contributed by atoms with van der Waals surface area (Å²) in [6.45, 7) is 2.14. The van der Waals surface area contributed by atoms with Gasteiger partial charge >= 0.3 is 0 Å². The van der Waals surface area contributed by atoms with Gasteiger partial charge in [-0.1, -0.05) is 29.8 Å². The molecule has 0 saturated carbocycles. The summed E-state index contributed by atoms with van der Waals surface area (Å²) in [5, 5.41) is 3.62. The van der Waals surface area contributed by atoms with E-state index < -0.39 is 10.0 Å². The van der Waals surface area contributed by atoms with Crippen LogP contribution in [0.25, 0.3) is 0 Å². The van der Waals surface area contributed by atoms with Crippen molar-refractivity contribution < 1.29 is 13.2 Å². The lowest BCUT2D eigenvalue weighted by Crippen LogP contribution is -2.28. The van der Waals surface area contributed by atoms with Crippen LogP contribution in [0.15, 0.2) is 48.5 Å². The molecule has 0 atom stereocenters. The summed E-state index contributed by atoms with van der Waals surface area (Å²) in [6, 6.07) is 14.2. The third-order valence-corrected chi connectivity index (χ3v) is 7.17. The second-order valence-electron chi connectivity index (χ2n) is 5.81. The van der Waals surface area contributed by atoms with Crippen LogP contribution >= 0.6 is 23.4 Å². The van der Waals surface area contributed by atoms with E-state index in [2.05, 4.69) is 5.32 Å². The lowest BCUT2D eigenvalue weighted by Gasteiger charge is -2.18. The number of amides is 1. The number of thioether (sulfide) groups is 1. The number of anilines is 1. The van der Waals surface area contributed by atoms with Crippen molar-refractivity contribution in [3.05, 3.63) is 64.7 Å². The minimum absolute atomic E-state index is 0.0254. The van der Waals surface area contributed by atoms with E-state index in [1.807, 2.05) is 24.3 Å². The zero-order valence-electron chi connectivity index (χ0n) is 15.3. The van der Waals surface area contributed by atoms with Crippen molar-refractivity contribution in [1.82, 2.24) is 5.32 Å². The average Bonchev–Trinajstić information content (AvgIpc) is 2.68. The normalized spacial score (nSPS) is 11.2. The first-order valence-corrected chi connectivity index (χ1v) is 11.7. The van der Waals surface area contributed by atoms with Crippen molar-refractivity contribution in [2.24, 2.45) is 0 Å². The van der Waals surface area contributed by atoms with Crippen LogP contribution in [0.2, 0.25) is 5.02 Å². The Hall–Kier alpha value is -1.70. The highest BCUT2D eigenvalue weighted by Crippen LogP contribution is 2.20. The van der Waals surface area contributed by atoms with E-state index in [1.54, 1.807) is 43.0 Å².